The van der Waals surface area contributed by atoms with E-state index in [1.807, 2.05) is 18.2 Å². The van der Waals surface area contributed by atoms with E-state index in [1.54, 1.807) is 18.3 Å². The van der Waals surface area contributed by atoms with Gasteiger partial charge in [-0.25, -0.2) is 4.98 Å². The first kappa shape index (κ1) is 12.7. The number of nitrogens with zero attached hydrogens (tertiary/aromatic N) is 1. The summed E-state index contributed by atoms with van der Waals surface area (Å²) in [5.74, 6) is 0. The summed E-state index contributed by atoms with van der Waals surface area (Å²) in [4.78, 5) is 5.18. The van der Waals surface area contributed by atoms with Gasteiger partial charge in [-0.3, -0.25) is 0 Å². The van der Waals surface area contributed by atoms with E-state index in [1.165, 1.54) is 11.8 Å². The van der Waals surface area contributed by atoms with Crippen LogP contribution in [0.25, 0.3) is 0 Å². The summed E-state index contributed by atoms with van der Waals surface area (Å²) in [6, 6.07) is 9.18. The summed E-state index contributed by atoms with van der Waals surface area (Å²) in [5, 5.41) is 2.18. The van der Waals surface area contributed by atoms with Crippen LogP contribution in [0.1, 0.15) is 5.56 Å². The van der Waals surface area contributed by atoms with Gasteiger partial charge in [0.2, 0.25) is 0 Å². The van der Waals surface area contributed by atoms with Crippen molar-refractivity contribution in [1.29, 1.82) is 0 Å². The lowest BCUT2D eigenvalue weighted by molar-refractivity contribution is 0.963. The fourth-order valence-electron chi connectivity index (χ4n) is 1.33. The molecule has 5 heteroatoms. The second-order valence-electron chi connectivity index (χ2n) is 3.35. The molecule has 0 spiro atoms. The molecule has 0 saturated carbocycles. The van der Waals surface area contributed by atoms with Crippen molar-refractivity contribution in [2.45, 2.75) is 16.5 Å². The van der Waals surface area contributed by atoms with Crippen molar-refractivity contribution in [1.82, 2.24) is 4.98 Å². The van der Waals surface area contributed by atoms with Gasteiger partial charge in [-0.1, -0.05) is 41.0 Å². The van der Waals surface area contributed by atoms with Crippen molar-refractivity contribution in [3.8, 4) is 0 Å². The molecule has 2 nitrogen and oxygen atoms in total. The maximum atomic E-state index is 6.10. The van der Waals surface area contributed by atoms with Crippen LogP contribution in [0.5, 0.6) is 0 Å². The lowest BCUT2D eigenvalue weighted by Gasteiger charge is -2.07. The maximum Gasteiger partial charge on any atom is 0.105 e. The normalized spacial score (nSPS) is 10.5. The predicted molar refractivity (Wildman–Crippen MR) is 72.7 cm³/mol. The molecule has 1 aromatic heterocycles. The van der Waals surface area contributed by atoms with E-state index in [4.69, 9.17) is 28.9 Å². The summed E-state index contributed by atoms with van der Waals surface area (Å²) in [6.07, 6.45) is 1.74. The molecule has 2 rings (SSSR count). The second-order valence-corrected chi connectivity index (χ2v) is 5.22. The Labute approximate surface area is 114 Å². The Hall–Kier alpha value is -0.740. The van der Waals surface area contributed by atoms with Gasteiger partial charge < -0.3 is 5.73 Å². The van der Waals surface area contributed by atoms with E-state index in [-0.39, 0.29) is 0 Å². The van der Waals surface area contributed by atoms with Crippen LogP contribution in [-0.4, -0.2) is 4.98 Å². The number of halogens is 2. The molecule has 0 unspecified atom stereocenters. The third kappa shape index (κ3) is 3.13. The first-order valence-corrected chi connectivity index (χ1v) is 6.55. The zero-order valence-electron chi connectivity index (χ0n) is 8.86. The molecule has 1 aromatic carbocycles. The molecule has 17 heavy (non-hydrogen) atoms. The highest BCUT2D eigenvalue weighted by Gasteiger charge is 2.08. The summed E-state index contributed by atoms with van der Waals surface area (Å²) in [5.41, 5.74) is 6.65. The van der Waals surface area contributed by atoms with Crippen LogP contribution < -0.4 is 5.73 Å². The molecule has 2 N–H and O–H groups in total. The van der Waals surface area contributed by atoms with Gasteiger partial charge in [-0.2, -0.15) is 0 Å². The molecule has 1 heterocycles. The summed E-state index contributed by atoms with van der Waals surface area (Å²) in [6.45, 7) is 0.453. The molecule has 0 bridgehead atoms. The van der Waals surface area contributed by atoms with Gasteiger partial charge in [0.15, 0.2) is 0 Å². The first-order chi connectivity index (χ1) is 8.20. The van der Waals surface area contributed by atoms with Crippen LogP contribution >= 0.6 is 35.0 Å². The third-order valence-electron chi connectivity index (χ3n) is 2.17. The Kier molecular flexibility index (Phi) is 4.29. The van der Waals surface area contributed by atoms with E-state index in [9.17, 15) is 0 Å². The average molecular weight is 285 g/mol. The fourth-order valence-corrected chi connectivity index (χ4v) is 2.76. The number of hydrogen-bond donors (Lipinski definition) is 1. The van der Waals surface area contributed by atoms with Crippen molar-refractivity contribution in [3.05, 3.63) is 52.1 Å². The van der Waals surface area contributed by atoms with Gasteiger partial charge in [-0.05, 0) is 29.8 Å². The van der Waals surface area contributed by atoms with Crippen molar-refractivity contribution in [2.75, 3.05) is 0 Å². The first-order valence-electron chi connectivity index (χ1n) is 4.97. The highest BCUT2D eigenvalue weighted by Crippen LogP contribution is 2.35. The van der Waals surface area contributed by atoms with Crippen molar-refractivity contribution in [3.63, 3.8) is 0 Å². The molecule has 88 valence electrons. The second kappa shape index (κ2) is 5.74. The molecular weight excluding hydrogens is 275 g/mol. The van der Waals surface area contributed by atoms with Gasteiger partial charge in [0.1, 0.15) is 5.03 Å². The fraction of sp³-hybridized carbons (Fsp3) is 0.0833. The van der Waals surface area contributed by atoms with E-state index in [2.05, 4.69) is 4.98 Å². The van der Waals surface area contributed by atoms with Crippen LogP contribution in [0.3, 0.4) is 0 Å². The number of aromatic nitrogens is 1. The number of rotatable bonds is 3. The minimum atomic E-state index is 0.453. The summed E-state index contributed by atoms with van der Waals surface area (Å²) in [7, 11) is 0. The molecule has 0 amide bonds. The van der Waals surface area contributed by atoms with Crippen molar-refractivity contribution in [2.24, 2.45) is 5.73 Å². The predicted octanol–water partition coefficient (Wildman–Crippen LogP) is 4.00. The standard InChI is InChI=1S/C12H10Cl2N2S/c13-9-3-4-10(14)11(6-9)17-12-8(7-15)2-1-5-16-12/h1-6H,7,15H2. The Morgan fingerprint density at radius 2 is 2.06 bits per heavy atom. The summed E-state index contributed by atoms with van der Waals surface area (Å²) >= 11 is 13.5. The summed E-state index contributed by atoms with van der Waals surface area (Å²) < 4.78 is 0. The monoisotopic (exact) mass is 284 g/mol. The van der Waals surface area contributed by atoms with E-state index in [0.29, 0.717) is 16.6 Å². The zero-order chi connectivity index (χ0) is 12.3. The lowest BCUT2D eigenvalue weighted by atomic mass is 10.3. The Bertz CT molecular complexity index is 532. The molecule has 0 aliphatic heterocycles. The van der Waals surface area contributed by atoms with Gasteiger partial charge >= 0.3 is 0 Å². The average Bonchev–Trinajstić information content (AvgIpc) is 2.34. The van der Waals surface area contributed by atoms with E-state index in [0.717, 1.165) is 15.5 Å². The number of nitrogens with two attached hydrogens (primary N) is 1. The quantitative estimate of drug-likeness (QED) is 0.926. The highest BCUT2D eigenvalue weighted by atomic mass is 35.5. The van der Waals surface area contributed by atoms with Crippen LogP contribution in [0, 0.1) is 0 Å². The smallest absolute Gasteiger partial charge is 0.105 e. The molecular formula is C12H10Cl2N2S. The molecule has 0 saturated heterocycles. The molecule has 0 aliphatic rings. The molecule has 0 radical (unpaired) electrons. The zero-order valence-corrected chi connectivity index (χ0v) is 11.2. The minimum Gasteiger partial charge on any atom is -0.326 e. The third-order valence-corrected chi connectivity index (χ3v) is 3.97. The van der Waals surface area contributed by atoms with E-state index < -0.39 is 0 Å². The maximum absolute atomic E-state index is 6.10. The molecule has 0 fully saturated rings. The van der Waals surface area contributed by atoms with Gasteiger partial charge in [0.05, 0.1) is 5.02 Å². The largest absolute Gasteiger partial charge is 0.326 e. The minimum absolute atomic E-state index is 0.453. The SMILES string of the molecule is NCc1cccnc1Sc1cc(Cl)ccc1Cl. The molecule has 0 aliphatic carbocycles. The topological polar surface area (TPSA) is 38.9 Å². The van der Waals surface area contributed by atoms with E-state index >= 15 is 0 Å². The highest BCUT2D eigenvalue weighted by molar-refractivity contribution is 7.99. The van der Waals surface area contributed by atoms with Crippen LogP contribution in [0.4, 0.5) is 0 Å². The van der Waals surface area contributed by atoms with Gasteiger partial charge in [0, 0.05) is 22.7 Å². The number of benzene rings is 1. The Morgan fingerprint density at radius 3 is 2.82 bits per heavy atom. The van der Waals surface area contributed by atoms with Crippen LogP contribution in [0.2, 0.25) is 10.0 Å². The number of hydrogen-bond acceptors (Lipinski definition) is 3. The van der Waals surface area contributed by atoms with Crippen molar-refractivity contribution < 1.29 is 0 Å². The molecule has 0 atom stereocenters. The number of pyridine rings is 1. The van der Waals surface area contributed by atoms with Crippen LogP contribution in [0.15, 0.2) is 46.5 Å². The van der Waals surface area contributed by atoms with Crippen LogP contribution in [-0.2, 0) is 6.54 Å². The van der Waals surface area contributed by atoms with Gasteiger partial charge in [0.25, 0.3) is 0 Å². The lowest BCUT2D eigenvalue weighted by Crippen LogP contribution is -1.99. The van der Waals surface area contributed by atoms with Gasteiger partial charge in [-0.15, -0.1) is 0 Å². The van der Waals surface area contributed by atoms with Crippen molar-refractivity contribution >= 4 is 35.0 Å². The molecule has 2 aromatic rings. The Morgan fingerprint density at radius 1 is 1.24 bits per heavy atom. The Balaban J connectivity index is 2.34.